The van der Waals surface area contributed by atoms with Gasteiger partial charge in [-0.3, -0.25) is 0 Å². The number of hydrogen-bond acceptors (Lipinski definition) is 2. The molecule has 0 atom stereocenters. The van der Waals surface area contributed by atoms with Crippen LogP contribution in [0, 0.1) is 0 Å². The average molecular weight is 172 g/mol. The summed E-state index contributed by atoms with van der Waals surface area (Å²) in [5, 5.41) is 3.40. The highest BCUT2D eigenvalue weighted by atomic mass is 15.1. The van der Waals surface area contributed by atoms with Gasteiger partial charge >= 0.3 is 0 Å². The molecule has 2 heteroatoms. The fourth-order valence-electron chi connectivity index (χ4n) is 1.11. The zero-order valence-corrected chi connectivity index (χ0v) is 8.90. The van der Waals surface area contributed by atoms with Gasteiger partial charge in [-0.25, -0.2) is 0 Å². The first kappa shape index (κ1) is 11.9. The Labute approximate surface area is 77.3 Å². The molecule has 0 saturated heterocycles. The Morgan fingerprint density at radius 2 is 1.75 bits per heavy atom. The van der Waals surface area contributed by atoms with Gasteiger partial charge in [0.05, 0.1) is 0 Å². The van der Waals surface area contributed by atoms with Crippen LogP contribution in [0.2, 0.25) is 0 Å². The van der Waals surface area contributed by atoms with Crippen LogP contribution >= 0.6 is 0 Å². The Balaban J connectivity index is 3.02. The maximum absolute atomic E-state index is 3.40. The lowest BCUT2D eigenvalue weighted by Gasteiger charge is -2.15. The summed E-state index contributed by atoms with van der Waals surface area (Å²) in [6.45, 7) is 9.15. The number of hydrogen-bond donors (Lipinski definition) is 1. The third-order valence-electron chi connectivity index (χ3n) is 1.99. The molecule has 0 amide bonds. The maximum atomic E-state index is 3.40. The summed E-state index contributed by atoms with van der Waals surface area (Å²) >= 11 is 0. The van der Waals surface area contributed by atoms with Crippen molar-refractivity contribution < 1.29 is 0 Å². The number of likely N-dealkylation sites (N-methyl/N-ethyl adjacent to an activating group) is 1. The van der Waals surface area contributed by atoms with Crippen molar-refractivity contribution in [1.82, 2.24) is 10.2 Å². The minimum absolute atomic E-state index is 1.13. The van der Waals surface area contributed by atoms with Crippen LogP contribution in [0.3, 0.4) is 0 Å². The molecule has 12 heavy (non-hydrogen) atoms. The van der Waals surface area contributed by atoms with Crippen LogP contribution in [0.15, 0.2) is 0 Å². The zero-order chi connectivity index (χ0) is 9.23. The van der Waals surface area contributed by atoms with Gasteiger partial charge in [-0.15, -0.1) is 0 Å². The Morgan fingerprint density at radius 1 is 1.00 bits per heavy atom. The van der Waals surface area contributed by atoms with Crippen molar-refractivity contribution in [3.63, 3.8) is 0 Å². The Kier molecular flexibility index (Phi) is 8.95. The van der Waals surface area contributed by atoms with Crippen molar-refractivity contribution in [1.29, 1.82) is 0 Å². The molecule has 0 heterocycles. The van der Waals surface area contributed by atoms with E-state index < -0.39 is 0 Å². The highest BCUT2D eigenvalue weighted by molar-refractivity contribution is 4.53. The van der Waals surface area contributed by atoms with Crippen LogP contribution in [0.25, 0.3) is 0 Å². The van der Waals surface area contributed by atoms with Gasteiger partial charge in [0.1, 0.15) is 0 Å². The van der Waals surface area contributed by atoms with Gasteiger partial charge in [0.2, 0.25) is 0 Å². The summed E-state index contributed by atoms with van der Waals surface area (Å²) in [4.78, 5) is 2.40. The predicted octanol–water partition coefficient (Wildman–Crippen LogP) is 1.72. The van der Waals surface area contributed by atoms with Gasteiger partial charge in [-0.05, 0) is 33.0 Å². The van der Waals surface area contributed by atoms with Gasteiger partial charge in [-0.2, -0.15) is 0 Å². The van der Waals surface area contributed by atoms with E-state index in [9.17, 15) is 0 Å². The van der Waals surface area contributed by atoms with Crippen molar-refractivity contribution in [3.8, 4) is 0 Å². The van der Waals surface area contributed by atoms with E-state index in [0.29, 0.717) is 0 Å². The standard InChI is InChI=1S/C10H24N2/c1-4-6-9-12(3)10-8-11-7-5-2/h11H,4-10H2,1-3H3. The number of unbranched alkanes of at least 4 members (excludes halogenated alkanes) is 1. The summed E-state index contributed by atoms with van der Waals surface area (Å²) in [5.41, 5.74) is 0. The minimum Gasteiger partial charge on any atom is -0.315 e. The summed E-state index contributed by atoms with van der Waals surface area (Å²) in [5.74, 6) is 0. The van der Waals surface area contributed by atoms with E-state index in [1.165, 1.54) is 32.4 Å². The third kappa shape index (κ3) is 8.02. The molecule has 0 aromatic rings. The first-order chi connectivity index (χ1) is 5.81. The molecule has 74 valence electrons. The molecule has 0 aliphatic carbocycles. The second kappa shape index (κ2) is 9.01. The van der Waals surface area contributed by atoms with Crippen molar-refractivity contribution >= 4 is 0 Å². The molecule has 0 unspecified atom stereocenters. The largest absolute Gasteiger partial charge is 0.315 e. The van der Waals surface area contributed by atoms with Crippen LogP contribution in [0.1, 0.15) is 33.1 Å². The molecule has 0 aromatic carbocycles. The summed E-state index contributed by atoms with van der Waals surface area (Å²) in [6.07, 6.45) is 3.86. The monoisotopic (exact) mass is 172 g/mol. The van der Waals surface area contributed by atoms with E-state index in [1.807, 2.05) is 0 Å². The molecule has 0 aromatic heterocycles. The molecule has 0 aliphatic heterocycles. The molecule has 0 rings (SSSR count). The fourth-order valence-corrected chi connectivity index (χ4v) is 1.11. The van der Waals surface area contributed by atoms with Crippen molar-refractivity contribution in [2.24, 2.45) is 0 Å². The van der Waals surface area contributed by atoms with Gasteiger partial charge in [0, 0.05) is 13.1 Å². The molecule has 0 spiro atoms. The predicted molar refractivity (Wildman–Crippen MR) is 55.6 cm³/mol. The van der Waals surface area contributed by atoms with Crippen molar-refractivity contribution in [2.45, 2.75) is 33.1 Å². The molecular formula is C10H24N2. The van der Waals surface area contributed by atoms with E-state index >= 15 is 0 Å². The van der Waals surface area contributed by atoms with Gasteiger partial charge in [0.15, 0.2) is 0 Å². The fraction of sp³-hybridized carbons (Fsp3) is 1.00. The summed E-state index contributed by atoms with van der Waals surface area (Å²) in [7, 11) is 2.20. The average Bonchev–Trinajstić information content (AvgIpc) is 2.09. The number of nitrogens with one attached hydrogen (secondary N) is 1. The van der Waals surface area contributed by atoms with Crippen LogP contribution < -0.4 is 5.32 Å². The highest BCUT2D eigenvalue weighted by Gasteiger charge is 1.95. The van der Waals surface area contributed by atoms with Gasteiger partial charge in [-0.1, -0.05) is 20.3 Å². The smallest absolute Gasteiger partial charge is 0.0104 e. The Bertz CT molecular complexity index is 83.9. The van der Waals surface area contributed by atoms with E-state index in [1.54, 1.807) is 0 Å². The molecular weight excluding hydrogens is 148 g/mol. The Morgan fingerprint density at radius 3 is 2.33 bits per heavy atom. The van der Waals surface area contributed by atoms with Crippen molar-refractivity contribution in [2.75, 3.05) is 33.2 Å². The quantitative estimate of drug-likeness (QED) is 0.561. The number of rotatable bonds is 8. The molecule has 0 fully saturated rings. The topological polar surface area (TPSA) is 15.3 Å². The first-order valence-electron chi connectivity index (χ1n) is 5.20. The minimum atomic E-state index is 1.13. The Hall–Kier alpha value is -0.0800. The summed E-state index contributed by atoms with van der Waals surface area (Å²) < 4.78 is 0. The van der Waals surface area contributed by atoms with E-state index in [2.05, 4.69) is 31.1 Å². The first-order valence-corrected chi connectivity index (χ1v) is 5.20. The zero-order valence-electron chi connectivity index (χ0n) is 8.90. The molecule has 0 aliphatic rings. The van der Waals surface area contributed by atoms with Crippen LogP contribution in [-0.2, 0) is 0 Å². The number of nitrogens with zero attached hydrogens (tertiary/aromatic N) is 1. The molecule has 1 N–H and O–H groups in total. The second-order valence-corrected chi connectivity index (χ2v) is 3.41. The molecule has 0 saturated carbocycles. The van der Waals surface area contributed by atoms with Crippen LogP contribution in [0.4, 0.5) is 0 Å². The van der Waals surface area contributed by atoms with E-state index in [-0.39, 0.29) is 0 Å². The molecule has 0 bridgehead atoms. The second-order valence-electron chi connectivity index (χ2n) is 3.41. The molecule has 0 radical (unpaired) electrons. The lowest BCUT2D eigenvalue weighted by Crippen LogP contribution is -2.30. The van der Waals surface area contributed by atoms with E-state index in [0.717, 1.165) is 13.1 Å². The van der Waals surface area contributed by atoms with Crippen LogP contribution in [0.5, 0.6) is 0 Å². The molecule has 2 nitrogen and oxygen atoms in total. The lowest BCUT2D eigenvalue weighted by molar-refractivity contribution is 0.326. The lowest BCUT2D eigenvalue weighted by atomic mass is 10.3. The summed E-state index contributed by atoms with van der Waals surface area (Å²) in [6, 6.07) is 0. The van der Waals surface area contributed by atoms with Crippen molar-refractivity contribution in [3.05, 3.63) is 0 Å². The van der Waals surface area contributed by atoms with Gasteiger partial charge in [0.25, 0.3) is 0 Å². The van der Waals surface area contributed by atoms with Gasteiger partial charge < -0.3 is 10.2 Å². The SMILES string of the molecule is CCCCN(C)CCNCCC. The normalized spacial score (nSPS) is 11.0. The highest BCUT2D eigenvalue weighted by Crippen LogP contribution is 1.89. The van der Waals surface area contributed by atoms with Crippen LogP contribution in [-0.4, -0.2) is 38.1 Å². The van der Waals surface area contributed by atoms with E-state index in [4.69, 9.17) is 0 Å². The third-order valence-corrected chi connectivity index (χ3v) is 1.99. The maximum Gasteiger partial charge on any atom is 0.0104 e.